The SMILES string of the molecule is CCCCCCCCP(=O)(CCCCCCCC)SSP(=S)(CCCCCCCC)CCCCCCCC. The van der Waals surface area contributed by atoms with E-state index in [4.69, 9.17) is 11.8 Å². The van der Waals surface area contributed by atoms with Gasteiger partial charge in [-0.25, -0.2) is 0 Å². The number of rotatable bonds is 31. The molecule has 0 atom stereocenters. The summed E-state index contributed by atoms with van der Waals surface area (Å²) in [6.45, 7) is 9.15. The van der Waals surface area contributed by atoms with E-state index in [2.05, 4.69) is 27.7 Å². The maximum absolute atomic E-state index is 14.2. The highest BCUT2D eigenvalue weighted by Crippen LogP contribution is 2.76. The molecule has 0 unspecified atom stereocenters. The first-order valence-corrected chi connectivity index (χ1v) is 25.6. The normalized spacial score (nSPS) is 12.4. The Bertz CT molecular complexity index is 495. The maximum Gasteiger partial charge on any atom is 0.149 e. The van der Waals surface area contributed by atoms with Crippen LogP contribution in [0.5, 0.6) is 0 Å². The lowest BCUT2D eigenvalue weighted by molar-refractivity contribution is 0.571. The van der Waals surface area contributed by atoms with Gasteiger partial charge >= 0.3 is 0 Å². The van der Waals surface area contributed by atoms with Gasteiger partial charge < -0.3 is 4.57 Å². The van der Waals surface area contributed by atoms with Gasteiger partial charge in [-0.1, -0.05) is 168 Å². The van der Waals surface area contributed by atoms with Crippen molar-refractivity contribution in [2.45, 2.75) is 182 Å². The van der Waals surface area contributed by atoms with Crippen molar-refractivity contribution in [2.24, 2.45) is 0 Å². The van der Waals surface area contributed by atoms with Crippen LogP contribution in [0.2, 0.25) is 0 Å². The molecule has 6 heteroatoms. The lowest BCUT2D eigenvalue weighted by Crippen LogP contribution is -1.96. The molecule has 0 aromatic rings. The van der Waals surface area contributed by atoms with E-state index in [1.807, 2.05) is 20.8 Å². The molecule has 0 aliphatic carbocycles. The molecule has 0 saturated heterocycles. The summed E-state index contributed by atoms with van der Waals surface area (Å²) in [6.07, 6.45) is 33.8. The van der Waals surface area contributed by atoms with Gasteiger partial charge in [-0.3, -0.25) is 0 Å². The second-order valence-corrected chi connectivity index (χ2v) is 27.6. The summed E-state index contributed by atoms with van der Waals surface area (Å²) in [5.41, 5.74) is 0. The van der Waals surface area contributed by atoms with Crippen molar-refractivity contribution < 1.29 is 4.57 Å². The Morgan fingerprint density at radius 2 is 0.658 bits per heavy atom. The van der Waals surface area contributed by atoms with E-state index >= 15 is 0 Å². The van der Waals surface area contributed by atoms with E-state index in [0.29, 0.717) is 0 Å². The van der Waals surface area contributed by atoms with E-state index in [9.17, 15) is 4.57 Å². The minimum atomic E-state index is -2.19. The maximum atomic E-state index is 14.2. The topological polar surface area (TPSA) is 17.1 Å². The zero-order valence-corrected chi connectivity index (χ0v) is 30.6. The molecule has 0 spiro atoms. The molecule has 0 saturated carbocycles. The van der Waals surface area contributed by atoms with Crippen LogP contribution in [0.25, 0.3) is 0 Å². The Morgan fingerprint density at radius 1 is 0.395 bits per heavy atom. The molecule has 0 amide bonds. The molecule has 0 aromatic carbocycles. The van der Waals surface area contributed by atoms with Gasteiger partial charge in [0.1, 0.15) is 6.34 Å². The van der Waals surface area contributed by atoms with E-state index in [1.54, 1.807) is 0 Å². The fourth-order valence-electron chi connectivity index (χ4n) is 5.03. The zero-order valence-electron chi connectivity index (χ0n) is 26.3. The monoisotopic (exact) mass is 626 g/mol. The van der Waals surface area contributed by atoms with Gasteiger partial charge in [-0.2, -0.15) is 0 Å². The summed E-state index contributed by atoms with van der Waals surface area (Å²) in [4.78, 5) is 0. The lowest BCUT2D eigenvalue weighted by Gasteiger charge is -2.24. The van der Waals surface area contributed by atoms with Crippen molar-refractivity contribution in [3.05, 3.63) is 0 Å². The standard InChI is InChI=1S/C32H68OP2S3/c1-5-9-13-17-21-25-29-34(33,30-26-22-18-14-10-6-2)37-38-35(36,31-27-23-19-15-11-7-3)32-28-24-20-16-12-8-4/h5-32H2,1-4H3. The van der Waals surface area contributed by atoms with Gasteiger partial charge in [0.2, 0.25) is 0 Å². The minimum absolute atomic E-state index is 0.953. The third-order valence-electron chi connectivity index (χ3n) is 7.71. The summed E-state index contributed by atoms with van der Waals surface area (Å²) >= 11 is 6.47. The van der Waals surface area contributed by atoms with E-state index < -0.39 is 11.6 Å². The highest BCUT2D eigenvalue weighted by molar-refractivity contribution is 9.17. The fourth-order valence-corrected chi connectivity index (χ4v) is 26.4. The summed E-state index contributed by atoms with van der Waals surface area (Å²) < 4.78 is 14.2. The molecule has 0 aromatic heterocycles. The molecule has 0 radical (unpaired) electrons. The largest absolute Gasteiger partial charge is 0.311 e. The molecule has 0 fully saturated rings. The van der Waals surface area contributed by atoms with Crippen LogP contribution in [-0.4, -0.2) is 24.6 Å². The van der Waals surface area contributed by atoms with Gasteiger partial charge in [-0.05, 0) is 58.8 Å². The van der Waals surface area contributed by atoms with Crippen LogP contribution in [0.1, 0.15) is 182 Å². The molecule has 0 rings (SSSR count). The second kappa shape index (κ2) is 28.7. The van der Waals surface area contributed by atoms with Crippen molar-refractivity contribution >= 4 is 44.2 Å². The van der Waals surface area contributed by atoms with E-state index in [-0.39, 0.29) is 0 Å². The first kappa shape index (κ1) is 39.6. The van der Waals surface area contributed by atoms with Crippen molar-refractivity contribution in [1.29, 1.82) is 0 Å². The van der Waals surface area contributed by atoms with Crippen LogP contribution in [-0.2, 0) is 16.4 Å². The zero-order chi connectivity index (χ0) is 28.2. The smallest absolute Gasteiger partial charge is 0.149 e. The van der Waals surface area contributed by atoms with Crippen LogP contribution in [0.4, 0.5) is 0 Å². The lowest BCUT2D eigenvalue weighted by atomic mass is 10.1. The highest BCUT2D eigenvalue weighted by Gasteiger charge is 2.27. The van der Waals surface area contributed by atoms with E-state index in [0.717, 1.165) is 25.2 Å². The first-order valence-electron chi connectivity index (χ1n) is 17.0. The Balaban J connectivity index is 4.95. The summed E-state index contributed by atoms with van der Waals surface area (Å²) in [7, 11) is 3.82. The van der Waals surface area contributed by atoms with Crippen LogP contribution in [0, 0.1) is 0 Å². The van der Waals surface area contributed by atoms with Crippen LogP contribution < -0.4 is 0 Å². The molecule has 38 heavy (non-hydrogen) atoms. The van der Waals surface area contributed by atoms with Gasteiger partial charge in [0, 0.05) is 17.6 Å². The highest BCUT2D eigenvalue weighted by atomic mass is 33.5. The average molecular weight is 627 g/mol. The molecular weight excluding hydrogens is 559 g/mol. The van der Waals surface area contributed by atoms with Crippen LogP contribution in [0.3, 0.4) is 0 Å². The number of hydrogen-bond donors (Lipinski definition) is 0. The van der Waals surface area contributed by atoms with Crippen molar-refractivity contribution in [2.75, 3.05) is 24.6 Å². The van der Waals surface area contributed by atoms with Gasteiger partial charge in [0.15, 0.2) is 0 Å². The third-order valence-corrected chi connectivity index (χ3v) is 26.4. The Hall–Kier alpha value is 1.58. The molecule has 0 heterocycles. The van der Waals surface area contributed by atoms with Crippen LogP contribution in [0.15, 0.2) is 0 Å². The van der Waals surface area contributed by atoms with Gasteiger partial charge in [0.05, 0.1) is 0 Å². The predicted molar refractivity (Wildman–Crippen MR) is 190 cm³/mol. The summed E-state index contributed by atoms with van der Waals surface area (Å²) in [5, 5.41) is -1.49. The second-order valence-electron chi connectivity index (χ2n) is 11.7. The summed E-state index contributed by atoms with van der Waals surface area (Å²) in [6, 6.07) is 0. The molecule has 230 valence electrons. The fraction of sp³-hybridized carbons (Fsp3) is 1.00. The quantitative estimate of drug-likeness (QED) is 0.0432. The third kappa shape index (κ3) is 25.3. The Labute approximate surface area is 254 Å². The number of hydrogen-bond acceptors (Lipinski definition) is 4. The van der Waals surface area contributed by atoms with Crippen LogP contribution >= 0.6 is 32.4 Å². The predicted octanol–water partition coefficient (Wildman–Crippen LogP) is 14.5. The molecule has 0 aliphatic heterocycles. The van der Waals surface area contributed by atoms with Gasteiger partial charge in [0.25, 0.3) is 0 Å². The number of unbranched alkanes of at least 4 members (excludes halogenated alkanes) is 20. The molecule has 1 nitrogen and oxygen atoms in total. The van der Waals surface area contributed by atoms with Crippen molar-refractivity contribution in [3.8, 4) is 0 Å². The molecular formula is C32H68OP2S3. The molecule has 0 bridgehead atoms. The van der Waals surface area contributed by atoms with Gasteiger partial charge in [-0.15, -0.1) is 0 Å². The first-order chi connectivity index (χ1) is 18.4. The Kier molecular flexibility index (Phi) is 29.9. The molecule has 0 aliphatic rings. The van der Waals surface area contributed by atoms with Crippen molar-refractivity contribution in [1.82, 2.24) is 0 Å². The Morgan fingerprint density at radius 3 is 0.974 bits per heavy atom. The van der Waals surface area contributed by atoms with Crippen molar-refractivity contribution in [3.63, 3.8) is 0 Å². The van der Waals surface area contributed by atoms with E-state index in [1.165, 1.54) is 154 Å². The summed E-state index contributed by atoms with van der Waals surface area (Å²) in [5.74, 6) is 0. The minimum Gasteiger partial charge on any atom is -0.311 e. The average Bonchev–Trinajstić information content (AvgIpc) is 2.91. The molecule has 0 N–H and O–H groups in total.